The summed E-state index contributed by atoms with van der Waals surface area (Å²) < 4.78 is 39.2. The highest BCUT2D eigenvalue weighted by molar-refractivity contribution is 7.92. The smallest absolute Gasteiger partial charge is 0.244 e. The molecule has 11 heteroatoms. The van der Waals surface area contributed by atoms with Gasteiger partial charge in [-0.1, -0.05) is 36.2 Å². The summed E-state index contributed by atoms with van der Waals surface area (Å²) in [6.45, 7) is 4.79. The number of sulfonamides is 1. The molecule has 7 nitrogen and oxygen atoms in total. The summed E-state index contributed by atoms with van der Waals surface area (Å²) in [6, 6.07) is 8.59. The van der Waals surface area contributed by atoms with Gasteiger partial charge in [0.2, 0.25) is 21.8 Å². The van der Waals surface area contributed by atoms with Gasteiger partial charge in [-0.05, 0) is 62.2 Å². The summed E-state index contributed by atoms with van der Waals surface area (Å²) in [5.41, 5.74) is 0.748. The molecule has 2 amide bonds. The van der Waals surface area contributed by atoms with E-state index in [0.29, 0.717) is 17.0 Å². The third-order valence-electron chi connectivity index (χ3n) is 4.95. The van der Waals surface area contributed by atoms with Crippen molar-refractivity contribution < 1.29 is 22.4 Å². The molecule has 0 saturated carbocycles. The Morgan fingerprint density at radius 1 is 1.06 bits per heavy atom. The first kappa shape index (κ1) is 27.9. The number of nitrogens with one attached hydrogen (secondary N) is 1. The van der Waals surface area contributed by atoms with Crippen LogP contribution in [0.3, 0.4) is 0 Å². The summed E-state index contributed by atoms with van der Waals surface area (Å²) >= 11 is 12.1. The molecule has 0 aliphatic carbocycles. The number of benzene rings is 2. The second-order valence-corrected chi connectivity index (χ2v) is 10.8. The molecule has 0 unspecified atom stereocenters. The molecule has 0 aliphatic rings. The van der Waals surface area contributed by atoms with Crippen molar-refractivity contribution in [3.8, 4) is 0 Å². The van der Waals surface area contributed by atoms with Gasteiger partial charge in [0.15, 0.2) is 0 Å². The minimum Gasteiger partial charge on any atom is -0.352 e. The van der Waals surface area contributed by atoms with E-state index in [1.54, 1.807) is 39.0 Å². The fourth-order valence-corrected chi connectivity index (χ4v) is 4.53. The van der Waals surface area contributed by atoms with Gasteiger partial charge in [-0.15, -0.1) is 0 Å². The van der Waals surface area contributed by atoms with Crippen LogP contribution in [-0.2, 0) is 26.2 Å². The average molecular weight is 532 g/mol. The number of hydrogen-bond acceptors (Lipinski definition) is 4. The number of halogens is 3. The van der Waals surface area contributed by atoms with E-state index < -0.39 is 34.3 Å². The van der Waals surface area contributed by atoms with Gasteiger partial charge in [-0.3, -0.25) is 13.9 Å². The summed E-state index contributed by atoms with van der Waals surface area (Å²) in [7, 11) is -3.89. The van der Waals surface area contributed by atoms with Crippen LogP contribution in [0.15, 0.2) is 42.5 Å². The lowest BCUT2D eigenvalue weighted by atomic mass is 10.1. The predicted octanol–water partition coefficient (Wildman–Crippen LogP) is 4.23. The number of carbonyl (C=O) groups is 2. The Kier molecular flexibility index (Phi) is 9.73. The summed E-state index contributed by atoms with van der Waals surface area (Å²) in [5, 5.41) is 3.43. The molecule has 2 rings (SSSR count). The third kappa shape index (κ3) is 7.58. The van der Waals surface area contributed by atoms with Crippen molar-refractivity contribution in [2.75, 3.05) is 17.1 Å². The fourth-order valence-electron chi connectivity index (χ4n) is 3.36. The molecule has 2 aromatic rings. The Morgan fingerprint density at radius 2 is 1.68 bits per heavy atom. The highest BCUT2D eigenvalue weighted by atomic mass is 35.5. The van der Waals surface area contributed by atoms with Crippen LogP contribution in [0.25, 0.3) is 0 Å². The lowest BCUT2D eigenvalue weighted by Gasteiger charge is -2.33. The van der Waals surface area contributed by atoms with E-state index in [9.17, 15) is 22.4 Å². The van der Waals surface area contributed by atoms with E-state index in [1.165, 1.54) is 17.0 Å². The molecule has 0 bridgehead atoms. The molecule has 1 atom stereocenters. The summed E-state index contributed by atoms with van der Waals surface area (Å²) in [6.07, 6.45) is 1.25. The molecular formula is C23H28Cl2FN3O4S. The molecule has 0 fully saturated rings. The van der Waals surface area contributed by atoms with Gasteiger partial charge in [0, 0.05) is 12.6 Å². The molecular weight excluding hydrogens is 504 g/mol. The van der Waals surface area contributed by atoms with Crippen LogP contribution in [0, 0.1) is 5.82 Å². The van der Waals surface area contributed by atoms with Gasteiger partial charge in [0.1, 0.15) is 18.4 Å². The number of carbonyl (C=O) groups excluding carboxylic acids is 2. The highest BCUT2D eigenvalue weighted by Gasteiger charge is 2.32. The normalized spacial score (nSPS) is 12.4. The van der Waals surface area contributed by atoms with Gasteiger partial charge >= 0.3 is 0 Å². The fraction of sp³-hybridized carbons (Fsp3) is 0.391. The number of rotatable bonds is 10. The lowest BCUT2D eigenvalue weighted by molar-refractivity contribution is -0.140. The van der Waals surface area contributed by atoms with Gasteiger partial charge in [0.25, 0.3) is 0 Å². The van der Waals surface area contributed by atoms with E-state index in [4.69, 9.17) is 23.2 Å². The van der Waals surface area contributed by atoms with E-state index in [2.05, 4.69) is 5.32 Å². The lowest BCUT2D eigenvalue weighted by Crippen LogP contribution is -2.53. The number of nitrogens with zero attached hydrogens (tertiary/aromatic N) is 2. The van der Waals surface area contributed by atoms with Crippen molar-refractivity contribution in [2.24, 2.45) is 0 Å². The van der Waals surface area contributed by atoms with Crippen LogP contribution < -0.4 is 9.62 Å². The van der Waals surface area contributed by atoms with Crippen molar-refractivity contribution in [3.63, 3.8) is 0 Å². The first-order chi connectivity index (χ1) is 15.8. The van der Waals surface area contributed by atoms with Gasteiger partial charge in [0.05, 0.1) is 22.0 Å². The van der Waals surface area contributed by atoms with Crippen LogP contribution in [0.5, 0.6) is 0 Å². The minimum absolute atomic E-state index is 0.000758. The first-order valence-corrected chi connectivity index (χ1v) is 13.2. The maximum absolute atomic E-state index is 13.5. The number of amides is 2. The van der Waals surface area contributed by atoms with Crippen molar-refractivity contribution >= 4 is 50.7 Å². The quantitative estimate of drug-likeness (QED) is 0.496. The average Bonchev–Trinajstić information content (AvgIpc) is 2.73. The molecule has 2 aromatic carbocycles. The molecule has 0 radical (unpaired) electrons. The Labute approximate surface area is 209 Å². The first-order valence-electron chi connectivity index (χ1n) is 10.6. The Balaban J connectivity index is 2.45. The molecule has 0 heterocycles. The van der Waals surface area contributed by atoms with Crippen molar-refractivity contribution in [1.29, 1.82) is 0 Å². The minimum atomic E-state index is -3.89. The maximum atomic E-state index is 13.5. The van der Waals surface area contributed by atoms with E-state index in [1.807, 2.05) is 0 Å². The van der Waals surface area contributed by atoms with Gasteiger partial charge < -0.3 is 10.2 Å². The molecule has 34 heavy (non-hydrogen) atoms. The largest absolute Gasteiger partial charge is 0.352 e. The second-order valence-electron chi connectivity index (χ2n) is 8.10. The SMILES string of the molecule is CC[C@H](C(=O)NC(C)C)N(Cc1ccc(Cl)c(Cl)c1)C(=O)CN(c1ccc(F)cc1)S(C)(=O)=O. The molecule has 0 spiro atoms. The van der Waals surface area contributed by atoms with E-state index in [0.717, 1.165) is 22.7 Å². The number of hydrogen-bond donors (Lipinski definition) is 1. The third-order valence-corrected chi connectivity index (χ3v) is 6.83. The highest BCUT2D eigenvalue weighted by Crippen LogP contribution is 2.25. The number of anilines is 1. The molecule has 1 N–H and O–H groups in total. The monoisotopic (exact) mass is 531 g/mol. The van der Waals surface area contributed by atoms with E-state index in [-0.39, 0.29) is 29.2 Å². The standard InChI is InChI=1S/C23H28Cl2FN3O4S/c1-5-21(23(31)27-15(2)3)28(13-16-6-11-19(24)20(25)12-16)22(30)14-29(34(4,32)33)18-9-7-17(26)8-10-18/h6-12,15,21H,5,13-14H2,1-4H3,(H,27,31)/t21-/m1/s1. The zero-order valence-electron chi connectivity index (χ0n) is 19.4. The Bertz CT molecular complexity index is 1130. The predicted molar refractivity (Wildman–Crippen MR) is 133 cm³/mol. The molecule has 0 aliphatic heterocycles. The van der Waals surface area contributed by atoms with Crippen LogP contribution in [0.4, 0.5) is 10.1 Å². The second kappa shape index (κ2) is 11.9. The van der Waals surface area contributed by atoms with E-state index >= 15 is 0 Å². The van der Waals surface area contributed by atoms with Crippen LogP contribution >= 0.6 is 23.2 Å². The molecule has 0 aromatic heterocycles. The topological polar surface area (TPSA) is 86.8 Å². The van der Waals surface area contributed by atoms with Gasteiger partial charge in [-0.2, -0.15) is 0 Å². The van der Waals surface area contributed by atoms with Crippen molar-refractivity contribution in [3.05, 3.63) is 63.9 Å². The molecule has 0 saturated heterocycles. The van der Waals surface area contributed by atoms with Crippen molar-refractivity contribution in [2.45, 2.75) is 45.8 Å². The van der Waals surface area contributed by atoms with Crippen molar-refractivity contribution in [1.82, 2.24) is 10.2 Å². The van der Waals surface area contributed by atoms with Gasteiger partial charge in [-0.25, -0.2) is 12.8 Å². The summed E-state index contributed by atoms with van der Waals surface area (Å²) in [5.74, 6) is -1.51. The Morgan fingerprint density at radius 3 is 2.18 bits per heavy atom. The molecule has 186 valence electrons. The zero-order valence-corrected chi connectivity index (χ0v) is 21.7. The summed E-state index contributed by atoms with van der Waals surface area (Å²) in [4.78, 5) is 27.7. The van der Waals surface area contributed by atoms with Crippen LogP contribution in [0.1, 0.15) is 32.8 Å². The maximum Gasteiger partial charge on any atom is 0.244 e. The van der Waals surface area contributed by atoms with Crippen LogP contribution in [-0.4, -0.2) is 50.0 Å². The van der Waals surface area contributed by atoms with Crippen LogP contribution in [0.2, 0.25) is 10.0 Å². The zero-order chi connectivity index (χ0) is 25.6. The Hall–Kier alpha value is -2.36.